The molecular formula is C66H93ClN16O7. The van der Waals surface area contributed by atoms with Gasteiger partial charge in [-0.15, -0.1) is 12.4 Å². The molecule has 0 spiro atoms. The maximum absolute atomic E-state index is 11.0. The summed E-state index contributed by atoms with van der Waals surface area (Å²) in [7, 11) is 0. The van der Waals surface area contributed by atoms with Crippen LogP contribution >= 0.6 is 12.4 Å². The summed E-state index contributed by atoms with van der Waals surface area (Å²) in [5, 5.41) is 3.41. The lowest BCUT2D eigenvalue weighted by atomic mass is 9.76. The summed E-state index contributed by atoms with van der Waals surface area (Å²) in [6.07, 6.45) is 12.3. The zero-order valence-electron chi connectivity index (χ0n) is 54.7. The fraction of sp³-hybridized carbons (Fsp3) is 0.621. The van der Waals surface area contributed by atoms with Gasteiger partial charge in [-0.25, -0.2) is 39.9 Å². The molecule has 90 heavy (non-hydrogen) atoms. The molecule has 24 heteroatoms. The van der Waals surface area contributed by atoms with Crippen LogP contribution in [0.1, 0.15) is 171 Å². The molecule has 7 N–H and O–H groups in total. The van der Waals surface area contributed by atoms with Gasteiger partial charge in [-0.3, -0.25) is 18.8 Å². The Labute approximate surface area is 533 Å². The van der Waals surface area contributed by atoms with Crippen molar-refractivity contribution in [3.63, 3.8) is 0 Å². The maximum Gasteiger partial charge on any atom is 0.167 e. The highest BCUT2D eigenvalue weighted by Crippen LogP contribution is 2.47. The topological polar surface area (TPSA) is 284 Å². The SMILES string of the molecule is CC(C)(C)c1ccc2nc(CCC3CC(=O)C3)[nH]c2c1.CC(C)N(C[C@H]1O[C@@H](n2cnc3c(N)ncnc32)C2OC(C)(C)O[C@@H]21)C1CC(CCc2nc3ccc(C(C)(C)C)cc3[nH]2)C1.CC(C)NC[C@H]1O[C@@H](n2cnc3c(N)ncnc32)C2OC(C)(C)O[C@@H]21.Cl. The number of benzene rings is 2. The number of rotatable bonds is 15. The van der Waals surface area contributed by atoms with Crippen molar-refractivity contribution in [2.24, 2.45) is 11.8 Å². The number of ether oxygens (including phenoxy) is 6. The maximum atomic E-state index is 11.0. The van der Waals surface area contributed by atoms with Crippen LogP contribution in [-0.2, 0) is 56.9 Å². The second-order valence-corrected chi connectivity index (χ2v) is 29.0. The number of carbonyl (C=O) groups is 1. The first kappa shape index (κ1) is 65.2. The van der Waals surface area contributed by atoms with Crippen LogP contribution < -0.4 is 16.8 Å². The molecule has 6 aliphatic rings. The summed E-state index contributed by atoms with van der Waals surface area (Å²) in [5.41, 5.74) is 21.6. The minimum absolute atomic E-state index is 0. The average Bonchev–Trinajstić information content (AvgIpc) is 1.59. The number of hydrogen-bond acceptors (Lipinski definition) is 19. The van der Waals surface area contributed by atoms with Crippen molar-refractivity contribution in [1.82, 2.24) is 69.2 Å². The Kier molecular flexibility index (Phi) is 18.3. The summed E-state index contributed by atoms with van der Waals surface area (Å²) in [4.78, 5) is 55.7. The van der Waals surface area contributed by atoms with E-state index in [4.69, 9.17) is 44.9 Å². The summed E-state index contributed by atoms with van der Waals surface area (Å²) >= 11 is 0. The van der Waals surface area contributed by atoms with Crippen LogP contribution in [0.5, 0.6) is 0 Å². The average molecular weight is 1260 g/mol. The van der Waals surface area contributed by atoms with Gasteiger partial charge in [0.25, 0.3) is 0 Å². The number of imidazole rings is 4. The Morgan fingerprint density at radius 3 is 1.56 bits per heavy atom. The summed E-state index contributed by atoms with van der Waals surface area (Å²) in [6, 6.07) is 14.3. The number of carbonyl (C=O) groups excluding carboxylic acids is 1. The number of Topliss-reactive ketones (excluding diaryl/α,β-unsaturated/α-hetero) is 1. The first-order valence-electron chi connectivity index (χ1n) is 32.0. The summed E-state index contributed by atoms with van der Waals surface area (Å²) < 4.78 is 41.8. The molecule has 2 aromatic carbocycles. The lowest BCUT2D eigenvalue weighted by Gasteiger charge is -2.46. The molecule has 8 atom stereocenters. The van der Waals surface area contributed by atoms with Crippen molar-refractivity contribution in [2.45, 2.75) is 238 Å². The lowest BCUT2D eigenvalue weighted by molar-refractivity contribution is -0.199. The van der Waals surface area contributed by atoms with Crippen molar-refractivity contribution in [3.05, 3.63) is 84.5 Å². The van der Waals surface area contributed by atoms with Crippen LogP contribution in [0.4, 0.5) is 11.6 Å². The van der Waals surface area contributed by atoms with E-state index < -0.39 is 17.8 Å². The summed E-state index contributed by atoms with van der Waals surface area (Å²) in [6.45, 7) is 31.4. The second-order valence-electron chi connectivity index (χ2n) is 29.0. The molecule has 2 aliphatic carbocycles. The quantitative estimate of drug-likeness (QED) is 0.0638. The van der Waals surface area contributed by atoms with Gasteiger partial charge in [0.2, 0.25) is 0 Å². The van der Waals surface area contributed by atoms with E-state index in [1.165, 1.54) is 36.6 Å². The zero-order chi connectivity index (χ0) is 63.1. The molecular weight excluding hydrogens is 1160 g/mol. The predicted octanol–water partition coefficient (Wildman–Crippen LogP) is 10.1. The molecule has 4 aliphatic heterocycles. The van der Waals surface area contributed by atoms with Gasteiger partial charge in [0.15, 0.2) is 47.0 Å². The highest BCUT2D eigenvalue weighted by Gasteiger charge is 2.58. The van der Waals surface area contributed by atoms with E-state index >= 15 is 0 Å². The molecule has 6 fully saturated rings. The summed E-state index contributed by atoms with van der Waals surface area (Å²) in [5.74, 6) is 3.17. The smallest absolute Gasteiger partial charge is 0.167 e. The molecule has 0 bridgehead atoms. The van der Waals surface area contributed by atoms with Gasteiger partial charge >= 0.3 is 0 Å². The Balaban J connectivity index is 0.000000153. The molecule has 6 aromatic heterocycles. The van der Waals surface area contributed by atoms with Crippen molar-refractivity contribution in [2.75, 3.05) is 24.6 Å². The zero-order valence-corrected chi connectivity index (χ0v) is 55.5. The molecule has 23 nitrogen and oxygen atoms in total. The lowest BCUT2D eigenvalue weighted by Crippen LogP contribution is -2.52. The number of aromatic amines is 2. The Hall–Kier alpha value is -6.28. The molecule has 4 saturated heterocycles. The number of aryl methyl sites for hydroxylation is 2. The number of nitrogens with two attached hydrogens (primary N) is 2. The molecule has 14 rings (SSSR count). The standard InChI is InChI=1S/C33H46N8O3.C17H22N2O.C16H24N6O3.ClH/c1-18(2)40(21-12-19(13-21)8-11-25-38-22-10-9-20(32(3,4)5)14-23(22)39-25)15-24-27-28(44-33(6,7)43-27)31(42-24)41-17-37-26-29(34)35-16-36-30(26)41;1-17(2,3)12-5-6-14-15(10-12)19-16(18-14)7-4-11-8-13(20)9-11;1-8(2)18-5-9-11-12(25-16(3,4)24-11)15(23-9)22-7-21-10-13(17)19-6-20-14(10)22;/h9-10,14,16-19,21,24,27-28,31H,8,11-13,15H2,1-7H3,(H,38,39)(H2,34,35,36);5-6,10-11H,4,7-9H2,1-3H3,(H,18,19);6-9,11-12,15,18H,5H2,1-4H3,(H2,17,19,20);1H/t19?,21?,24-,27-,28?,31-;;9-,11-,12?,15-;/m1.1./s1. The molecule has 2 saturated carbocycles. The fourth-order valence-corrected chi connectivity index (χ4v) is 13.5. The third kappa shape index (κ3) is 13.8. The van der Waals surface area contributed by atoms with Gasteiger partial charge in [-0.05, 0) is 125 Å². The van der Waals surface area contributed by atoms with Crippen molar-refractivity contribution in [3.8, 4) is 0 Å². The Morgan fingerprint density at radius 2 is 1.10 bits per heavy atom. The Morgan fingerprint density at radius 1 is 0.644 bits per heavy atom. The number of H-pyrrole nitrogens is 2. The van der Waals surface area contributed by atoms with Crippen LogP contribution in [0, 0.1) is 11.8 Å². The van der Waals surface area contributed by atoms with E-state index in [-0.39, 0.29) is 66.1 Å². The van der Waals surface area contributed by atoms with Crippen molar-refractivity contribution >= 4 is 74.2 Å². The molecule has 8 aromatic rings. The Bertz CT molecular complexity index is 3810. The van der Waals surface area contributed by atoms with Crippen LogP contribution in [0.3, 0.4) is 0 Å². The minimum atomic E-state index is -0.699. The number of nitrogen functional groups attached to an aromatic ring is 2. The molecule has 10 heterocycles. The predicted molar refractivity (Wildman–Crippen MR) is 348 cm³/mol. The third-order valence-corrected chi connectivity index (χ3v) is 18.4. The van der Waals surface area contributed by atoms with Crippen molar-refractivity contribution in [1.29, 1.82) is 0 Å². The largest absolute Gasteiger partial charge is 0.382 e. The second kappa shape index (κ2) is 25.3. The molecule has 0 amide bonds. The molecule has 486 valence electrons. The highest BCUT2D eigenvalue weighted by molar-refractivity contribution is 5.85. The van der Waals surface area contributed by atoms with Gasteiger partial charge < -0.3 is 55.2 Å². The van der Waals surface area contributed by atoms with Gasteiger partial charge in [0.05, 0.1) is 34.7 Å². The molecule has 0 radical (unpaired) electrons. The number of hydrogen-bond donors (Lipinski definition) is 5. The number of aromatic nitrogens is 12. The highest BCUT2D eigenvalue weighted by atomic mass is 35.5. The van der Waals surface area contributed by atoms with Gasteiger partial charge in [-0.2, -0.15) is 0 Å². The fourth-order valence-electron chi connectivity index (χ4n) is 13.5. The number of ketones is 1. The van der Waals surface area contributed by atoms with Crippen LogP contribution in [0.2, 0.25) is 0 Å². The molecule has 2 unspecified atom stereocenters. The number of fused-ring (bicyclic) bond motifs is 6. The first-order valence-corrected chi connectivity index (χ1v) is 32.0. The van der Waals surface area contributed by atoms with Crippen LogP contribution in [0.15, 0.2) is 61.7 Å². The first-order chi connectivity index (χ1) is 42.1. The number of anilines is 2. The van der Waals surface area contributed by atoms with E-state index in [0.29, 0.717) is 76.3 Å². The van der Waals surface area contributed by atoms with Crippen molar-refractivity contribution < 1.29 is 33.2 Å². The number of nitrogens with zero attached hydrogens (tertiary/aromatic N) is 11. The van der Waals surface area contributed by atoms with E-state index in [1.807, 2.05) is 36.8 Å². The van der Waals surface area contributed by atoms with Gasteiger partial charge in [-0.1, -0.05) is 67.5 Å². The normalized spacial score (nSPS) is 26.2. The van der Waals surface area contributed by atoms with E-state index in [1.54, 1.807) is 12.7 Å². The number of nitrogens with one attached hydrogen (secondary N) is 3. The van der Waals surface area contributed by atoms with Crippen LogP contribution in [-0.4, -0.2) is 149 Å². The van der Waals surface area contributed by atoms with E-state index in [9.17, 15) is 4.79 Å². The minimum Gasteiger partial charge on any atom is -0.382 e. The third-order valence-electron chi connectivity index (χ3n) is 18.4. The van der Waals surface area contributed by atoms with Gasteiger partial charge in [0, 0.05) is 56.9 Å². The monoisotopic (exact) mass is 1260 g/mol. The van der Waals surface area contributed by atoms with Gasteiger partial charge in [0.1, 0.15) is 77.7 Å². The van der Waals surface area contributed by atoms with E-state index in [0.717, 1.165) is 78.8 Å². The number of halogens is 1. The van der Waals surface area contributed by atoms with E-state index in [2.05, 4.69) is 161 Å². The van der Waals surface area contributed by atoms with Crippen LogP contribution in [0.25, 0.3) is 44.4 Å².